The normalized spacial score (nSPS) is 13.8. The Balaban J connectivity index is 2.16. The summed E-state index contributed by atoms with van der Waals surface area (Å²) < 4.78 is 1.72. The van der Waals surface area contributed by atoms with Gasteiger partial charge in [0, 0.05) is 12.5 Å². The fourth-order valence-corrected chi connectivity index (χ4v) is 2.31. The molecule has 0 amide bonds. The van der Waals surface area contributed by atoms with Crippen LogP contribution in [0.3, 0.4) is 0 Å². The lowest BCUT2D eigenvalue weighted by Crippen LogP contribution is -2.16. The van der Waals surface area contributed by atoms with Crippen molar-refractivity contribution >= 4 is 5.97 Å². The maximum absolute atomic E-state index is 10.9. The van der Waals surface area contributed by atoms with E-state index in [9.17, 15) is 4.79 Å². The van der Waals surface area contributed by atoms with Gasteiger partial charge in [-0.25, -0.2) is 4.68 Å². The van der Waals surface area contributed by atoms with E-state index in [1.807, 2.05) is 18.2 Å². The molecule has 0 aliphatic heterocycles. The minimum absolute atomic E-state index is 0.126. The Bertz CT molecular complexity index is 582. The molecule has 2 rings (SSSR count). The smallest absolute Gasteiger partial charge is 0.306 e. The summed E-state index contributed by atoms with van der Waals surface area (Å²) in [5, 5.41) is 20.9. The van der Waals surface area contributed by atoms with Crippen molar-refractivity contribution in [2.45, 2.75) is 39.2 Å². The third-order valence-corrected chi connectivity index (χ3v) is 3.68. The second-order valence-electron chi connectivity index (χ2n) is 5.16. The number of aryl methyl sites for hydroxylation is 1. The maximum atomic E-state index is 10.9. The van der Waals surface area contributed by atoms with E-state index in [0.717, 1.165) is 12.2 Å². The van der Waals surface area contributed by atoms with Crippen LogP contribution in [-0.4, -0.2) is 31.3 Å². The highest BCUT2D eigenvalue weighted by Crippen LogP contribution is 2.25. The van der Waals surface area contributed by atoms with Crippen molar-refractivity contribution in [3.05, 3.63) is 41.7 Å². The number of rotatable bonds is 7. The molecule has 2 atom stereocenters. The number of aromatic nitrogens is 4. The van der Waals surface area contributed by atoms with Crippen LogP contribution >= 0.6 is 0 Å². The van der Waals surface area contributed by atoms with Gasteiger partial charge in [0.1, 0.15) is 0 Å². The molecule has 6 nitrogen and oxygen atoms in total. The SMILES string of the molecule is CCC(c1ccccc1)c1nnnn1CCC(C)C(=O)O. The quantitative estimate of drug-likeness (QED) is 0.845. The van der Waals surface area contributed by atoms with Gasteiger partial charge >= 0.3 is 5.97 Å². The highest BCUT2D eigenvalue weighted by Gasteiger charge is 2.20. The lowest BCUT2D eigenvalue weighted by molar-refractivity contribution is -0.141. The van der Waals surface area contributed by atoms with Crippen LogP contribution in [-0.2, 0) is 11.3 Å². The number of nitrogens with zero attached hydrogens (tertiary/aromatic N) is 4. The van der Waals surface area contributed by atoms with Crippen molar-refractivity contribution < 1.29 is 9.90 Å². The van der Waals surface area contributed by atoms with Crippen LogP contribution in [0.15, 0.2) is 30.3 Å². The van der Waals surface area contributed by atoms with Crippen molar-refractivity contribution in [1.82, 2.24) is 20.2 Å². The van der Waals surface area contributed by atoms with Crippen molar-refractivity contribution in [1.29, 1.82) is 0 Å². The average Bonchev–Trinajstić information content (AvgIpc) is 2.95. The van der Waals surface area contributed by atoms with Crippen LogP contribution in [0.2, 0.25) is 0 Å². The number of hydrogen-bond acceptors (Lipinski definition) is 4. The van der Waals surface area contributed by atoms with Crippen LogP contribution in [0, 0.1) is 5.92 Å². The second kappa shape index (κ2) is 6.97. The molecular weight excluding hydrogens is 268 g/mol. The maximum Gasteiger partial charge on any atom is 0.306 e. The molecule has 0 bridgehead atoms. The van der Waals surface area contributed by atoms with Gasteiger partial charge < -0.3 is 5.11 Å². The summed E-state index contributed by atoms with van der Waals surface area (Å²) in [4.78, 5) is 10.9. The van der Waals surface area contributed by atoms with E-state index in [2.05, 4.69) is 34.6 Å². The van der Waals surface area contributed by atoms with Gasteiger partial charge in [0.25, 0.3) is 0 Å². The molecular formula is C15H20N4O2. The highest BCUT2D eigenvalue weighted by molar-refractivity contribution is 5.69. The molecule has 0 saturated heterocycles. The molecule has 1 aromatic carbocycles. The lowest BCUT2D eigenvalue weighted by Gasteiger charge is -2.15. The fourth-order valence-electron chi connectivity index (χ4n) is 2.31. The molecule has 1 N–H and O–H groups in total. The highest BCUT2D eigenvalue weighted by atomic mass is 16.4. The van der Waals surface area contributed by atoms with Gasteiger partial charge in [0.05, 0.1) is 5.92 Å². The predicted molar refractivity (Wildman–Crippen MR) is 77.8 cm³/mol. The largest absolute Gasteiger partial charge is 0.481 e. The summed E-state index contributed by atoms with van der Waals surface area (Å²) in [5.74, 6) is -0.277. The van der Waals surface area contributed by atoms with E-state index < -0.39 is 11.9 Å². The molecule has 1 heterocycles. The van der Waals surface area contributed by atoms with Gasteiger partial charge in [-0.3, -0.25) is 4.79 Å². The third-order valence-electron chi connectivity index (χ3n) is 3.68. The summed E-state index contributed by atoms with van der Waals surface area (Å²) >= 11 is 0. The summed E-state index contributed by atoms with van der Waals surface area (Å²) in [6.45, 7) is 4.30. The monoisotopic (exact) mass is 288 g/mol. The number of carboxylic acid groups (broad SMARTS) is 1. The number of tetrazole rings is 1. The van der Waals surface area contributed by atoms with Gasteiger partial charge in [-0.15, -0.1) is 5.10 Å². The Morgan fingerprint density at radius 3 is 2.67 bits per heavy atom. The summed E-state index contributed by atoms with van der Waals surface area (Å²) in [6, 6.07) is 10.1. The first-order valence-corrected chi connectivity index (χ1v) is 7.17. The third kappa shape index (κ3) is 3.65. The van der Waals surface area contributed by atoms with Crippen molar-refractivity contribution in [3.63, 3.8) is 0 Å². The minimum Gasteiger partial charge on any atom is -0.481 e. The Labute approximate surface area is 123 Å². The topological polar surface area (TPSA) is 80.9 Å². The Morgan fingerprint density at radius 2 is 2.05 bits per heavy atom. The number of hydrogen-bond donors (Lipinski definition) is 1. The number of carbonyl (C=O) groups is 1. The molecule has 112 valence electrons. The Kier molecular flexibility index (Phi) is 5.03. The minimum atomic E-state index is -0.792. The fraction of sp³-hybridized carbons (Fsp3) is 0.467. The average molecular weight is 288 g/mol. The molecule has 1 aromatic heterocycles. The van der Waals surface area contributed by atoms with Gasteiger partial charge in [-0.05, 0) is 28.8 Å². The molecule has 0 saturated carbocycles. The zero-order valence-electron chi connectivity index (χ0n) is 12.3. The molecule has 0 aliphatic carbocycles. The van der Waals surface area contributed by atoms with Gasteiger partial charge in [0.15, 0.2) is 5.82 Å². The lowest BCUT2D eigenvalue weighted by atomic mass is 9.95. The summed E-state index contributed by atoms with van der Waals surface area (Å²) in [6.07, 6.45) is 1.40. The summed E-state index contributed by atoms with van der Waals surface area (Å²) in [5.41, 5.74) is 1.17. The van der Waals surface area contributed by atoms with Gasteiger partial charge in [-0.2, -0.15) is 0 Å². The van der Waals surface area contributed by atoms with Gasteiger partial charge in [0.2, 0.25) is 0 Å². The van der Waals surface area contributed by atoms with Crippen LogP contribution in [0.25, 0.3) is 0 Å². The Hall–Kier alpha value is -2.24. The van der Waals surface area contributed by atoms with Gasteiger partial charge in [-0.1, -0.05) is 44.2 Å². The first-order chi connectivity index (χ1) is 10.1. The van der Waals surface area contributed by atoms with Crippen molar-refractivity contribution in [2.75, 3.05) is 0 Å². The number of carboxylic acids is 1. The van der Waals surface area contributed by atoms with E-state index in [4.69, 9.17) is 5.11 Å². The molecule has 0 spiro atoms. The van der Waals surface area contributed by atoms with E-state index in [1.54, 1.807) is 11.6 Å². The van der Waals surface area contributed by atoms with E-state index >= 15 is 0 Å². The zero-order valence-corrected chi connectivity index (χ0v) is 12.3. The van der Waals surface area contributed by atoms with Crippen LogP contribution in [0.1, 0.15) is 44.0 Å². The first kappa shape index (κ1) is 15.2. The molecule has 6 heteroatoms. The second-order valence-corrected chi connectivity index (χ2v) is 5.16. The molecule has 0 aliphatic rings. The van der Waals surface area contributed by atoms with E-state index in [0.29, 0.717) is 13.0 Å². The zero-order chi connectivity index (χ0) is 15.2. The summed E-state index contributed by atoms with van der Waals surface area (Å²) in [7, 11) is 0. The van der Waals surface area contributed by atoms with Crippen LogP contribution in [0.4, 0.5) is 0 Å². The standard InChI is InChI=1S/C15H20N4O2/c1-3-13(12-7-5-4-6-8-12)14-16-17-18-19(14)10-9-11(2)15(20)21/h4-8,11,13H,3,9-10H2,1-2H3,(H,20,21). The van der Waals surface area contributed by atoms with Crippen molar-refractivity contribution in [3.8, 4) is 0 Å². The van der Waals surface area contributed by atoms with E-state index in [-0.39, 0.29) is 5.92 Å². The number of aliphatic carboxylic acids is 1. The Morgan fingerprint density at radius 1 is 1.33 bits per heavy atom. The first-order valence-electron chi connectivity index (χ1n) is 7.17. The molecule has 0 radical (unpaired) electrons. The van der Waals surface area contributed by atoms with Crippen LogP contribution in [0.5, 0.6) is 0 Å². The van der Waals surface area contributed by atoms with E-state index in [1.165, 1.54) is 5.56 Å². The molecule has 2 aromatic rings. The van der Waals surface area contributed by atoms with Crippen molar-refractivity contribution in [2.24, 2.45) is 5.92 Å². The molecule has 2 unspecified atom stereocenters. The predicted octanol–water partition coefficient (Wildman–Crippen LogP) is 2.33. The van der Waals surface area contributed by atoms with Crippen LogP contribution < -0.4 is 0 Å². The molecule has 21 heavy (non-hydrogen) atoms. The molecule has 0 fully saturated rings. The number of benzene rings is 1.